The van der Waals surface area contributed by atoms with Gasteiger partial charge >= 0.3 is 0 Å². The number of carbonyl (C=O) groups is 2. The monoisotopic (exact) mass is 477 g/mol. The third kappa shape index (κ3) is 6.23. The molecule has 1 saturated heterocycles. The molecule has 0 bridgehead atoms. The molecule has 0 aromatic heterocycles. The minimum absolute atomic E-state index is 0.0255. The maximum Gasteiger partial charge on any atom is 0.265 e. The molecule has 1 N–H and O–H groups in total. The first kappa shape index (κ1) is 25.2. The van der Waals surface area contributed by atoms with Gasteiger partial charge in [0.1, 0.15) is 5.75 Å². The second-order valence-electron chi connectivity index (χ2n) is 10.9. The van der Waals surface area contributed by atoms with Crippen molar-refractivity contribution in [2.75, 3.05) is 31.1 Å². The summed E-state index contributed by atoms with van der Waals surface area (Å²) in [6, 6.07) is 14.3. The van der Waals surface area contributed by atoms with Gasteiger partial charge in [-0.1, -0.05) is 45.4 Å². The predicted molar refractivity (Wildman–Crippen MR) is 140 cm³/mol. The number of rotatable bonds is 7. The Morgan fingerprint density at radius 2 is 1.97 bits per heavy atom. The van der Waals surface area contributed by atoms with Crippen LogP contribution in [-0.4, -0.2) is 49.0 Å². The first-order chi connectivity index (χ1) is 16.7. The number of ether oxygens (including phenoxy) is 1. The third-order valence-electron chi connectivity index (χ3n) is 7.15. The van der Waals surface area contributed by atoms with Crippen LogP contribution in [0.3, 0.4) is 0 Å². The zero-order valence-corrected chi connectivity index (χ0v) is 21.6. The average molecular weight is 478 g/mol. The van der Waals surface area contributed by atoms with Gasteiger partial charge in [0.05, 0.1) is 12.2 Å². The van der Waals surface area contributed by atoms with E-state index in [2.05, 4.69) is 44.0 Å². The minimum Gasteiger partial charge on any atom is -0.482 e. The Morgan fingerprint density at radius 3 is 2.74 bits per heavy atom. The quantitative estimate of drug-likeness (QED) is 0.576. The summed E-state index contributed by atoms with van der Waals surface area (Å²) in [5, 5.41) is 3.07. The van der Waals surface area contributed by atoms with E-state index in [9.17, 15) is 9.59 Å². The number of hydrogen-bond donors (Lipinski definition) is 1. The molecule has 1 unspecified atom stereocenters. The normalized spacial score (nSPS) is 18.7. The Morgan fingerprint density at radius 1 is 1.14 bits per heavy atom. The van der Waals surface area contributed by atoms with Gasteiger partial charge in [-0.25, -0.2) is 0 Å². The number of benzene rings is 2. The summed E-state index contributed by atoms with van der Waals surface area (Å²) in [7, 11) is 0. The van der Waals surface area contributed by atoms with Gasteiger partial charge in [0.15, 0.2) is 6.61 Å². The summed E-state index contributed by atoms with van der Waals surface area (Å²) in [6.07, 6.45) is 4.82. The van der Waals surface area contributed by atoms with Crippen molar-refractivity contribution in [3.63, 3.8) is 0 Å². The SMILES string of the molecule is CC1CCCCN1CCCNC(=O)c1cccc(CN2C(=O)COc3ccc(C(C)(C)C)cc32)c1. The van der Waals surface area contributed by atoms with Crippen LogP contribution in [-0.2, 0) is 16.8 Å². The number of amides is 2. The second-order valence-corrected chi connectivity index (χ2v) is 10.9. The summed E-state index contributed by atoms with van der Waals surface area (Å²) < 4.78 is 5.68. The number of nitrogens with zero attached hydrogens (tertiary/aromatic N) is 2. The fraction of sp³-hybridized carbons (Fsp3) is 0.517. The van der Waals surface area contributed by atoms with Gasteiger partial charge in [-0.2, -0.15) is 0 Å². The van der Waals surface area contributed by atoms with Gasteiger partial charge in [-0.3, -0.25) is 9.59 Å². The van der Waals surface area contributed by atoms with Crippen LogP contribution in [0, 0.1) is 0 Å². The Hall–Kier alpha value is -2.86. The van der Waals surface area contributed by atoms with Crippen molar-refractivity contribution in [2.24, 2.45) is 0 Å². The van der Waals surface area contributed by atoms with Crippen LogP contribution in [0.25, 0.3) is 0 Å². The summed E-state index contributed by atoms with van der Waals surface area (Å²) in [4.78, 5) is 29.9. The lowest BCUT2D eigenvalue weighted by Gasteiger charge is -2.33. The van der Waals surface area contributed by atoms with E-state index in [0.717, 1.165) is 42.1 Å². The van der Waals surface area contributed by atoms with Crippen molar-refractivity contribution in [2.45, 2.75) is 71.4 Å². The zero-order valence-electron chi connectivity index (χ0n) is 21.6. The summed E-state index contributed by atoms with van der Waals surface area (Å²) in [5.74, 6) is 0.571. The van der Waals surface area contributed by atoms with E-state index in [1.165, 1.54) is 19.3 Å². The van der Waals surface area contributed by atoms with Crippen molar-refractivity contribution in [3.05, 3.63) is 59.2 Å². The Balaban J connectivity index is 1.39. The van der Waals surface area contributed by atoms with E-state index in [0.29, 0.717) is 24.7 Å². The molecule has 188 valence electrons. The van der Waals surface area contributed by atoms with Crippen molar-refractivity contribution < 1.29 is 14.3 Å². The summed E-state index contributed by atoms with van der Waals surface area (Å²) >= 11 is 0. The van der Waals surface area contributed by atoms with E-state index < -0.39 is 0 Å². The zero-order chi connectivity index (χ0) is 25.0. The van der Waals surface area contributed by atoms with Crippen LogP contribution in [0.15, 0.2) is 42.5 Å². The number of hydrogen-bond acceptors (Lipinski definition) is 4. The molecular formula is C29H39N3O3. The highest BCUT2D eigenvalue weighted by molar-refractivity contribution is 5.98. The van der Waals surface area contributed by atoms with Gasteiger partial charge in [-0.15, -0.1) is 0 Å². The molecule has 4 rings (SSSR count). The fourth-order valence-electron chi connectivity index (χ4n) is 4.91. The molecule has 1 atom stereocenters. The molecule has 1 fully saturated rings. The van der Waals surface area contributed by atoms with Crippen LogP contribution in [0.2, 0.25) is 0 Å². The summed E-state index contributed by atoms with van der Waals surface area (Å²) in [6.45, 7) is 12.0. The highest BCUT2D eigenvalue weighted by Gasteiger charge is 2.28. The topological polar surface area (TPSA) is 61.9 Å². The van der Waals surface area contributed by atoms with E-state index >= 15 is 0 Å². The molecule has 0 saturated carbocycles. The standard InChI is InChI=1S/C29H39N3O3/c1-21-9-5-6-15-31(21)16-8-14-30-28(34)23-11-7-10-22(17-23)19-32-25-18-24(29(2,3)4)12-13-26(25)35-20-27(32)33/h7,10-13,17-18,21H,5-6,8-9,14-16,19-20H2,1-4H3,(H,30,34). The molecule has 0 radical (unpaired) electrons. The number of fused-ring (bicyclic) bond motifs is 1. The molecule has 6 nitrogen and oxygen atoms in total. The van der Waals surface area contributed by atoms with Crippen LogP contribution in [0.5, 0.6) is 5.75 Å². The molecule has 0 aliphatic carbocycles. The van der Waals surface area contributed by atoms with Crippen LogP contribution in [0.4, 0.5) is 5.69 Å². The van der Waals surface area contributed by atoms with Crippen molar-refractivity contribution in [3.8, 4) is 5.75 Å². The molecule has 2 aromatic rings. The molecule has 2 aromatic carbocycles. The van der Waals surface area contributed by atoms with E-state index in [-0.39, 0.29) is 23.8 Å². The van der Waals surface area contributed by atoms with E-state index in [1.54, 1.807) is 4.90 Å². The first-order valence-electron chi connectivity index (χ1n) is 12.9. The van der Waals surface area contributed by atoms with Gasteiger partial charge in [0.2, 0.25) is 0 Å². The molecule has 35 heavy (non-hydrogen) atoms. The Bertz CT molecular complexity index is 1060. The van der Waals surface area contributed by atoms with Crippen LogP contribution in [0.1, 0.15) is 74.9 Å². The number of piperidine rings is 1. The van der Waals surface area contributed by atoms with Crippen LogP contribution >= 0.6 is 0 Å². The second kappa shape index (κ2) is 10.8. The number of anilines is 1. The lowest BCUT2D eigenvalue weighted by Crippen LogP contribution is -2.39. The molecule has 2 aliphatic rings. The highest BCUT2D eigenvalue weighted by atomic mass is 16.5. The van der Waals surface area contributed by atoms with E-state index in [4.69, 9.17) is 4.74 Å². The number of likely N-dealkylation sites (tertiary alicyclic amines) is 1. The summed E-state index contributed by atoms with van der Waals surface area (Å²) in [5.41, 5.74) is 3.44. The Kier molecular flexibility index (Phi) is 7.80. The number of carbonyl (C=O) groups excluding carboxylic acids is 2. The van der Waals surface area contributed by atoms with Crippen molar-refractivity contribution in [1.29, 1.82) is 0 Å². The van der Waals surface area contributed by atoms with E-state index in [1.807, 2.05) is 36.4 Å². The van der Waals surface area contributed by atoms with Crippen LogP contribution < -0.4 is 15.0 Å². The fourth-order valence-corrected chi connectivity index (χ4v) is 4.91. The maximum atomic E-state index is 12.8. The molecule has 2 amide bonds. The maximum absolute atomic E-state index is 12.8. The smallest absolute Gasteiger partial charge is 0.265 e. The average Bonchev–Trinajstić information content (AvgIpc) is 2.84. The minimum atomic E-state index is -0.0784. The van der Waals surface area contributed by atoms with Crippen molar-refractivity contribution in [1.82, 2.24) is 10.2 Å². The lowest BCUT2D eigenvalue weighted by molar-refractivity contribution is -0.121. The lowest BCUT2D eigenvalue weighted by atomic mass is 9.86. The third-order valence-corrected chi connectivity index (χ3v) is 7.15. The molecule has 2 aliphatic heterocycles. The first-order valence-corrected chi connectivity index (χ1v) is 12.9. The molecule has 6 heteroatoms. The van der Waals surface area contributed by atoms with Gasteiger partial charge in [0, 0.05) is 24.7 Å². The molecule has 0 spiro atoms. The molecule has 2 heterocycles. The Labute approximate surface area is 209 Å². The highest BCUT2D eigenvalue weighted by Crippen LogP contribution is 2.37. The predicted octanol–water partition coefficient (Wildman–Crippen LogP) is 4.90. The van der Waals surface area contributed by atoms with Gasteiger partial charge < -0.3 is 19.9 Å². The van der Waals surface area contributed by atoms with Crippen molar-refractivity contribution >= 4 is 17.5 Å². The number of nitrogens with one attached hydrogen (secondary N) is 1. The van der Waals surface area contributed by atoms with Gasteiger partial charge in [-0.05, 0) is 73.5 Å². The van der Waals surface area contributed by atoms with Gasteiger partial charge in [0.25, 0.3) is 11.8 Å². The molecular weight excluding hydrogens is 438 g/mol. The largest absolute Gasteiger partial charge is 0.482 e.